The van der Waals surface area contributed by atoms with Crippen LogP contribution in [0.25, 0.3) is 11.1 Å². The Hall–Kier alpha value is -3.39. The van der Waals surface area contributed by atoms with E-state index in [1.807, 2.05) is 31.2 Å². The van der Waals surface area contributed by atoms with Crippen LogP contribution in [0.2, 0.25) is 0 Å². The highest BCUT2D eigenvalue weighted by Crippen LogP contribution is 2.44. The summed E-state index contributed by atoms with van der Waals surface area (Å²) < 4.78 is 11.1. The fourth-order valence-corrected chi connectivity index (χ4v) is 4.40. The molecule has 1 aliphatic rings. The second kappa shape index (κ2) is 12.9. The molecule has 0 fully saturated rings. The Balaban J connectivity index is 1.51. The summed E-state index contributed by atoms with van der Waals surface area (Å²) in [6.07, 6.45) is 0.660. The van der Waals surface area contributed by atoms with Gasteiger partial charge in [-0.15, -0.1) is 0 Å². The molecule has 0 aliphatic heterocycles. The van der Waals surface area contributed by atoms with Gasteiger partial charge in [0.15, 0.2) is 0 Å². The topological polar surface area (TPSA) is 114 Å². The molecule has 188 valence electrons. The quantitative estimate of drug-likeness (QED) is 0.396. The van der Waals surface area contributed by atoms with Crippen molar-refractivity contribution in [1.82, 2.24) is 10.6 Å². The summed E-state index contributed by atoms with van der Waals surface area (Å²) in [5, 5.41) is 14.5. The maximum atomic E-state index is 12.4. The van der Waals surface area contributed by atoms with Gasteiger partial charge >= 0.3 is 12.1 Å². The molecule has 2 atom stereocenters. The van der Waals surface area contributed by atoms with Crippen LogP contribution in [0.1, 0.15) is 56.6 Å². The number of carboxylic acids is 1. The van der Waals surface area contributed by atoms with E-state index in [1.54, 1.807) is 6.92 Å². The number of aliphatic carboxylic acids is 1. The monoisotopic (exact) mass is 482 g/mol. The molecule has 0 radical (unpaired) electrons. The summed E-state index contributed by atoms with van der Waals surface area (Å²) in [6.45, 7) is 4.37. The highest BCUT2D eigenvalue weighted by atomic mass is 16.5. The molecule has 3 N–H and O–H groups in total. The molecule has 0 spiro atoms. The van der Waals surface area contributed by atoms with Gasteiger partial charge in [0, 0.05) is 19.1 Å². The SMILES string of the molecule is CCCC[C@H](NC(=O)CC(CNC(=O)OCC1c2ccccc2-c2ccccc21)OCC)C(=O)O. The van der Waals surface area contributed by atoms with Crippen LogP contribution in [0.5, 0.6) is 0 Å². The van der Waals surface area contributed by atoms with E-state index in [2.05, 4.69) is 34.9 Å². The molecule has 0 saturated heterocycles. The molecular weight excluding hydrogens is 448 g/mol. The van der Waals surface area contributed by atoms with Crippen molar-refractivity contribution in [3.05, 3.63) is 59.7 Å². The molecule has 3 rings (SSSR count). The van der Waals surface area contributed by atoms with Gasteiger partial charge in [0.2, 0.25) is 5.91 Å². The van der Waals surface area contributed by atoms with Crippen LogP contribution in [-0.2, 0) is 19.1 Å². The zero-order chi connectivity index (χ0) is 25.2. The second-order valence-corrected chi connectivity index (χ2v) is 8.59. The summed E-state index contributed by atoms with van der Waals surface area (Å²) >= 11 is 0. The van der Waals surface area contributed by atoms with E-state index in [0.717, 1.165) is 28.7 Å². The molecule has 2 aromatic rings. The van der Waals surface area contributed by atoms with E-state index < -0.39 is 30.1 Å². The van der Waals surface area contributed by atoms with Crippen LogP contribution in [-0.4, -0.2) is 55.0 Å². The number of rotatable bonds is 13. The largest absolute Gasteiger partial charge is 0.480 e. The maximum absolute atomic E-state index is 12.4. The predicted octanol–water partition coefficient (Wildman–Crippen LogP) is 4.08. The molecule has 35 heavy (non-hydrogen) atoms. The zero-order valence-electron chi connectivity index (χ0n) is 20.3. The Labute approximate surface area is 206 Å². The van der Waals surface area contributed by atoms with E-state index >= 15 is 0 Å². The normalized spacial score (nSPS) is 13.9. The third-order valence-corrected chi connectivity index (χ3v) is 6.11. The lowest BCUT2D eigenvalue weighted by atomic mass is 9.98. The molecule has 2 amide bonds. The first kappa shape index (κ1) is 26.2. The Bertz CT molecular complexity index is 979. The van der Waals surface area contributed by atoms with Crippen molar-refractivity contribution in [1.29, 1.82) is 0 Å². The van der Waals surface area contributed by atoms with E-state index in [4.69, 9.17) is 9.47 Å². The van der Waals surface area contributed by atoms with Crippen LogP contribution < -0.4 is 10.6 Å². The second-order valence-electron chi connectivity index (χ2n) is 8.59. The Morgan fingerprint density at radius 3 is 2.20 bits per heavy atom. The standard InChI is InChI=1S/C27H34N2O6/c1-3-5-14-24(26(31)32)29-25(30)15-18(34-4-2)16-28-27(33)35-17-23-21-12-8-6-10-19(21)20-11-7-9-13-22(20)23/h6-13,18,23-24H,3-5,14-17H2,1-2H3,(H,28,33)(H,29,30)(H,31,32)/t18?,24-/m0/s1. The number of ether oxygens (including phenoxy) is 2. The maximum Gasteiger partial charge on any atom is 0.407 e. The van der Waals surface area contributed by atoms with Gasteiger partial charge in [0.25, 0.3) is 0 Å². The Morgan fingerprint density at radius 1 is 1.00 bits per heavy atom. The smallest absolute Gasteiger partial charge is 0.407 e. The van der Waals surface area contributed by atoms with Crippen molar-refractivity contribution in [2.24, 2.45) is 0 Å². The summed E-state index contributed by atoms with van der Waals surface area (Å²) in [6, 6.07) is 15.3. The first-order valence-electron chi connectivity index (χ1n) is 12.2. The fraction of sp³-hybridized carbons (Fsp3) is 0.444. The number of unbranched alkanes of at least 4 members (excludes halogenated alkanes) is 1. The lowest BCUT2D eigenvalue weighted by Gasteiger charge is -2.20. The highest BCUT2D eigenvalue weighted by molar-refractivity contribution is 5.84. The van der Waals surface area contributed by atoms with Gasteiger partial charge in [-0.05, 0) is 35.6 Å². The van der Waals surface area contributed by atoms with Crippen LogP contribution in [0, 0.1) is 0 Å². The van der Waals surface area contributed by atoms with Crippen LogP contribution in [0.4, 0.5) is 4.79 Å². The summed E-state index contributed by atoms with van der Waals surface area (Å²) in [7, 11) is 0. The molecule has 0 saturated carbocycles. The van der Waals surface area contributed by atoms with Crippen molar-refractivity contribution in [2.75, 3.05) is 19.8 Å². The predicted molar refractivity (Wildman–Crippen MR) is 132 cm³/mol. The molecule has 0 bridgehead atoms. The Kier molecular flexibility index (Phi) is 9.66. The van der Waals surface area contributed by atoms with Crippen LogP contribution in [0.3, 0.4) is 0 Å². The van der Waals surface area contributed by atoms with Crippen molar-refractivity contribution in [3.63, 3.8) is 0 Å². The molecule has 1 aliphatic carbocycles. The minimum absolute atomic E-state index is 0.0438. The van der Waals surface area contributed by atoms with Gasteiger partial charge in [0.1, 0.15) is 12.6 Å². The number of nitrogens with one attached hydrogen (secondary N) is 2. The number of carboxylic acid groups (broad SMARTS) is 1. The average Bonchev–Trinajstić information content (AvgIpc) is 3.17. The van der Waals surface area contributed by atoms with Gasteiger partial charge in [-0.1, -0.05) is 68.3 Å². The lowest BCUT2D eigenvalue weighted by molar-refractivity contribution is -0.142. The third-order valence-electron chi connectivity index (χ3n) is 6.11. The Morgan fingerprint density at radius 2 is 1.63 bits per heavy atom. The first-order valence-corrected chi connectivity index (χ1v) is 12.2. The van der Waals surface area contributed by atoms with E-state index in [0.29, 0.717) is 19.4 Å². The van der Waals surface area contributed by atoms with Gasteiger partial charge in [-0.2, -0.15) is 0 Å². The number of fused-ring (bicyclic) bond motifs is 3. The number of hydrogen-bond donors (Lipinski definition) is 3. The molecule has 8 nitrogen and oxygen atoms in total. The van der Waals surface area contributed by atoms with Crippen molar-refractivity contribution in [2.45, 2.75) is 57.6 Å². The van der Waals surface area contributed by atoms with E-state index in [9.17, 15) is 19.5 Å². The molecule has 8 heteroatoms. The minimum Gasteiger partial charge on any atom is -0.480 e. The number of benzene rings is 2. The molecule has 1 unspecified atom stereocenters. The highest BCUT2D eigenvalue weighted by Gasteiger charge is 2.29. The van der Waals surface area contributed by atoms with Gasteiger partial charge in [-0.3, -0.25) is 4.79 Å². The molecule has 0 aromatic heterocycles. The number of alkyl carbamates (subject to hydrolysis) is 1. The van der Waals surface area contributed by atoms with Crippen molar-refractivity contribution in [3.8, 4) is 11.1 Å². The minimum atomic E-state index is -1.06. The van der Waals surface area contributed by atoms with E-state index in [1.165, 1.54) is 0 Å². The lowest BCUT2D eigenvalue weighted by Crippen LogP contribution is -2.44. The van der Waals surface area contributed by atoms with Crippen molar-refractivity contribution >= 4 is 18.0 Å². The first-order chi connectivity index (χ1) is 16.9. The summed E-state index contributed by atoms with van der Waals surface area (Å²) in [4.78, 5) is 36.2. The van der Waals surface area contributed by atoms with E-state index in [-0.39, 0.29) is 25.5 Å². The summed E-state index contributed by atoms with van der Waals surface area (Å²) in [5.74, 6) is -1.53. The number of carbonyl (C=O) groups is 3. The summed E-state index contributed by atoms with van der Waals surface area (Å²) in [5.41, 5.74) is 4.55. The number of amides is 2. The number of hydrogen-bond acceptors (Lipinski definition) is 5. The van der Waals surface area contributed by atoms with Crippen molar-refractivity contribution < 1.29 is 29.0 Å². The van der Waals surface area contributed by atoms with Crippen LogP contribution >= 0.6 is 0 Å². The fourth-order valence-electron chi connectivity index (χ4n) is 4.40. The molecule has 2 aromatic carbocycles. The number of carbonyl (C=O) groups excluding carboxylic acids is 2. The zero-order valence-corrected chi connectivity index (χ0v) is 20.3. The van der Waals surface area contributed by atoms with Gasteiger partial charge in [-0.25, -0.2) is 9.59 Å². The third kappa shape index (κ3) is 7.05. The molecule has 0 heterocycles. The van der Waals surface area contributed by atoms with Crippen LogP contribution in [0.15, 0.2) is 48.5 Å². The van der Waals surface area contributed by atoms with Gasteiger partial charge in [0.05, 0.1) is 12.5 Å². The molecular formula is C27H34N2O6. The average molecular weight is 483 g/mol. The van der Waals surface area contributed by atoms with Gasteiger partial charge < -0.3 is 25.2 Å².